The molecule has 0 aromatic heterocycles. The van der Waals surface area contributed by atoms with Crippen LogP contribution in [0.25, 0.3) is 0 Å². The fourth-order valence-electron chi connectivity index (χ4n) is 2.86. The van der Waals surface area contributed by atoms with Crippen LogP contribution < -0.4 is 5.32 Å². The molecule has 1 unspecified atom stereocenters. The van der Waals surface area contributed by atoms with E-state index in [1.54, 1.807) is 25.1 Å². The topological polar surface area (TPSA) is 49.4 Å². The summed E-state index contributed by atoms with van der Waals surface area (Å²) in [5.41, 5.74) is 1.65. The molecule has 0 bridgehead atoms. The molecule has 0 spiro atoms. The molecule has 0 saturated carbocycles. The lowest BCUT2D eigenvalue weighted by atomic mass is 10.1. The third-order valence-electron chi connectivity index (χ3n) is 4.43. The number of rotatable bonds is 8. The smallest absolute Gasteiger partial charge is 0.242 e. The van der Waals surface area contributed by atoms with Crippen LogP contribution >= 0.6 is 11.6 Å². The molecule has 2 aromatic rings. The number of aryl methyl sites for hydroxylation is 1. The van der Waals surface area contributed by atoms with Gasteiger partial charge in [-0.05, 0) is 56.5 Å². The standard InChI is InChI=1S/C22H26ClFN2O2/c1-15(2)25-22(28)16(3)26(14-17-8-11-19(24)12-9-17)21(27)13-10-18-6-4-5-7-20(18)23/h4-9,11-12,15-16H,10,13-14H2,1-3H3,(H,25,28). The summed E-state index contributed by atoms with van der Waals surface area (Å²) in [6.07, 6.45) is 0.709. The number of carbonyl (C=O) groups excluding carboxylic acids is 2. The minimum absolute atomic E-state index is 0.0270. The molecule has 0 heterocycles. The van der Waals surface area contributed by atoms with Gasteiger partial charge in [-0.1, -0.05) is 41.9 Å². The van der Waals surface area contributed by atoms with E-state index in [2.05, 4.69) is 5.32 Å². The molecule has 4 nitrogen and oxygen atoms in total. The fourth-order valence-corrected chi connectivity index (χ4v) is 3.09. The predicted molar refractivity (Wildman–Crippen MR) is 109 cm³/mol. The Morgan fingerprint density at radius 2 is 1.71 bits per heavy atom. The average Bonchev–Trinajstić information content (AvgIpc) is 2.65. The second-order valence-corrected chi connectivity index (χ2v) is 7.49. The summed E-state index contributed by atoms with van der Waals surface area (Å²) in [6.45, 7) is 5.67. The SMILES string of the molecule is CC(C)NC(=O)C(C)N(Cc1ccc(F)cc1)C(=O)CCc1ccccc1Cl. The third-order valence-corrected chi connectivity index (χ3v) is 4.80. The minimum Gasteiger partial charge on any atom is -0.352 e. The second kappa shape index (κ2) is 10.2. The Kier molecular flexibility index (Phi) is 8.00. The van der Waals surface area contributed by atoms with Crippen molar-refractivity contribution in [1.82, 2.24) is 10.2 Å². The van der Waals surface area contributed by atoms with E-state index in [1.807, 2.05) is 32.0 Å². The number of hydrogen-bond acceptors (Lipinski definition) is 2. The maximum atomic E-state index is 13.2. The highest BCUT2D eigenvalue weighted by molar-refractivity contribution is 6.31. The van der Waals surface area contributed by atoms with Crippen molar-refractivity contribution in [3.63, 3.8) is 0 Å². The van der Waals surface area contributed by atoms with E-state index < -0.39 is 6.04 Å². The summed E-state index contributed by atoms with van der Waals surface area (Å²) in [5, 5.41) is 3.46. The molecule has 2 aromatic carbocycles. The number of nitrogens with one attached hydrogen (secondary N) is 1. The van der Waals surface area contributed by atoms with Crippen molar-refractivity contribution in [2.24, 2.45) is 0 Å². The van der Waals surface area contributed by atoms with Crippen LogP contribution in [-0.4, -0.2) is 28.8 Å². The maximum absolute atomic E-state index is 13.2. The largest absolute Gasteiger partial charge is 0.352 e. The van der Waals surface area contributed by atoms with Crippen LogP contribution in [-0.2, 0) is 22.6 Å². The molecular weight excluding hydrogens is 379 g/mol. The molecule has 0 saturated heterocycles. The van der Waals surface area contributed by atoms with Crippen molar-refractivity contribution in [2.45, 2.75) is 52.2 Å². The number of amides is 2. The van der Waals surface area contributed by atoms with Gasteiger partial charge in [0.1, 0.15) is 11.9 Å². The zero-order valence-corrected chi connectivity index (χ0v) is 17.2. The van der Waals surface area contributed by atoms with Crippen LogP contribution in [0.4, 0.5) is 4.39 Å². The summed E-state index contributed by atoms with van der Waals surface area (Å²) in [5.74, 6) is -0.718. The Balaban J connectivity index is 2.15. The van der Waals surface area contributed by atoms with E-state index in [-0.39, 0.29) is 36.6 Å². The van der Waals surface area contributed by atoms with E-state index >= 15 is 0 Å². The highest BCUT2D eigenvalue weighted by atomic mass is 35.5. The molecule has 0 aliphatic heterocycles. The van der Waals surface area contributed by atoms with Gasteiger partial charge in [0, 0.05) is 24.0 Å². The quantitative estimate of drug-likeness (QED) is 0.710. The first-order valence-electron chi connectivity index (χ1n) is 9.35. The molecule has 2 rings (SSSR count). The summed E-state index contributed by atoms with van der Waals surface area (Å²) >= 11 is 6.18. The van der Waals surface area contributed by atoms with Crippen LogP contribution in [0.3, 0.4) is 0 Å². The normalized spacial score (nSPS) is 11.9. The number of nitrogens with zero attached hydrogens (tertiary/aromatic N) is 1. The van der Waals surface area contributed by atoms with E-state index in [4.69, 9.17) is 11.6 Å². The van der Waals surface area contributed by atoms with E-state index in [9.17, 15) is 14.0 Å². The lowest BCUT2D eigenvalue weighted by Gasteiger charge is -2.29. The van der Waals surface area contributed by atoms with Crippen molar-refractivity contribution >= 4 is 23.4 Å². The Hall–Kier alpha value is -2.40. The summed E-state index contributed by atoms with van der Waals surface area (Å²) < 4.78 is 13.2. The van der Waals surface area contributed by atoms with Gasteiger partial charge in [0.25, 0.3) is 0 Å². The lowest BCUT2D eigenvalue weighted by Crippen LogP contribution is -2.49. The number of benzene rings is 2. The molecule has 1 atom stereocenters. The van der Waals surface area contributed by atoms with Gasteiger partial charge in [0.05, 0.1) is 0 Å². The van der Waals surface area contributed by atoms with Gasteiger partial charge in [-0.2, -0.15) is 0 Å². The highest BCUT2D eigenvalue weighted by Crippen LogP contribution is 2.18. The minimum atomic E-state index is -0.647. The van der Waals surface area contributed by atoms with Crippen LogP contribution in [0, 0.1) is 5.82 Å². The third kappa shape index (κ3) is 6.34. The molecule has 28 heavy (non-hydrogen) atoms. The van der Waals surface area contributed by atoms with E-state index in [0.29, 0.717) is 11.4 Å². The van der Waals surface area contributed by atoms with E-state index in [0.717, 1.165) is 11.1 Å². The Morgan fingerprint density at radius 1 is 1.07 bits per heavy atom. The van der Waals surface area contributed by atoms with Crippen molar-refractivity contribution in [1.29, 1.82) is 0 Å². The first-order chi connectivity index (χ1) is 13.3. The maximum Gasteiger partial charge on any atom is 0.242 e. The summed E-state index contributed by atoms with van der Waals surface area (Å²) in [7, 11) is 0. The molecular formula is C22H26ClFN2O2. The summed E-state index contributed by atoms with van der Waals surface area (Å²) in [6, 6.07) is 12.7. The molecule has 0 fully saturated rings. The van der Waals surface area contributed by atoms with Gasteiger partial charge in [-0.15, -0.1) is 0 Å². The Bertz CT molecular complexity index is 808. The van der Waals surface area contributed by atoms with Crippen molar-refractivity contribution < 1.29 is 14.0 Å². The van der Waals surface area contributed by atoms with Crippen LogP contribution in [0.2, 0.25) is 5.02 Å². The monoisotopic (exact) mass is 404 g/mol. The molecule has 1 N–H and O–H groups in total. The van der Waals surface area contributed by atoms with Gasteiger partial charge in [0.15, 0.2) is 0 Å². The Morgan fingerprint density at radius 3 is 2.32 bits per heavy atom. The van der Waals surface area contributed by atoms with Gasteiger partial charge in [-0.3, -0.25) is 9.59 Å². The molecule has 0 radical (unpaired) electrons. The van der Waals surface area contributed by atoms with Crippen LogP contribution in [0.1, 0.15) is 38.3 Å². The number of hydrogen-bond donors (Lipinski definition) is 1. The summed E-state index contributed by atoms with van der Waals surface area (Å²) in [4.78, 5) is 27.0. The van der Waals surface area contributed by atoms with Crippen molar-refractivity contribution in [3.8, 4) is 0 Å². The zero-order valence-electron chi connectivity index (χ0n) is 16.4. The number of halogens is 2. The molecule has 2 amide bonds. The molecule has 150 valence electrons. The highest BCUT2D eigenvalue weighted by Gasteiger charge is 2.26. The molecule has 0 aliphatic rings. The number of carbonyl (C=O) groups is 2. The van der Waals surface area contributed by atoms with Crippen molar-refractivity contribution in [3.05, 3.63) is 70.5 Å². The van der Waals surface area contributed by atoms with Crippen LogP contribution in [0.5, 0.6) is 0 Å². The second-order valence-electron chi connectivity index (χ2n) is 7.08. The van der Waals surface area contributed by atoms with Gasteiger partial charge in [0.2, 0.25) is 11.8 Å². The first kappa shape index (κ1) is 21.9. The Labute approximate surface area is 170 Å². The van der Waals surface area contributed by atoms with Crippen LogP contribution in [0.15, 0.2) is 48.5 Å². The van der Waals surface area contributed by atoms with Crippen molar-refractivity contribution in [2.75, 3.05) is 0 Å². The van der Waals surface area contributed by atoms with Gasteiger partial charge < -0.3 is 10.2 Å². The molecule has 0 aliphatic carbocycles. The first-order valence-corrected chi connectivity index (χ1v) is 9.73. The fraction of sp³-hybridized carbons (Fsp3) is 0.364. The lowest BCUT2D eigenvalue weighted by molar-refractivity contribution is -0.140. The van der Waals surface area contributed by atoms with Gasteiger partial charge in [-0.25, -0.2) is 4.39 Å². The molecule has 6 heteroatoms. The van der Waals surface area contributed by atoms with Gasteiger partial charge >= 0.3 is 0 Å². The van der Waals surface area contributed by atoms with E-state index in [1.165, 1.54) is 17.0 Å². The average molecular weight is 405 g/mol. The zero-order chi connectivity index (χ0) is 20.7. The predicted octanol–water partition coefficient (Wildman–Crippen LogP) is 4.35.